The Morgan fingerprint density at radius 1 is 1.36 bits per heavy atom. The molecule has 0 aromatic heterocycles. The molecular weight excluding hydrogens is 144 g/mol. The van der Waals surface area contributed by atoms with Gasteiger partial charge < -0.3 is 14.9 Å². The smallest absolute Gasteiger partial charge is 0.0861 e. The molecule has 11 heavy (non-hydrogen) atoms. The highest BCUT2D eigenvalue weighted by Gasteiger charge is 2.38. The van der Waals surface area contributed by atoms with E-state index in [4.69, 9.17) is 9.84 Å². The zero-order chi connectivity index (χ0) is 8.43. The summed E-state index contributed by atoms with van der Waals surface area (Å²) in [5.41, 5.74) is 0. The summed E-state index contributed by atoms with van der Waals surface area (Å²) in [7, 11) is 0. The number of aliphatic hydroxyl groups excluding tert-OH is 2. The van der Waals surface area contributed by atoms with Gasteiger partial charge in [0, 0.05) is 5.92 Å². The third kappa shape index (κ3) is 1.55. The first-order valence-electron chi connectivity index (χ1n) is 4.15. The molecule has 3 heteroatoms. The molecule has 2 N–H and O–H groups in total. The zero-order valence-corrected chi connectivity index (χ0v) is 7.03. The predicted octanol–water partition coefficient (Wildman–Crippen LogP) is 0.153. The molecule has 0 aromatic rings. The highest BCUT2D eigenvalue weighted by Crippen LogP contribution is 2.27. The third-order valence-corrected chi connectivity index (χ3v) is 2.44. The maximum atomic E-state index is 9.52. The van der Waals surface area contributed by atoms with Crippen molar-refractivity contribution in [1.82, 2.24) is 0 Å². The molecule has 1 saturated heterocycles. The molecule has 1 aliphatic heterocycles. The number of hydrogen-bond donors (Lipinski definition) is 2. The molecule has 0 saturated carbocycles. The van der Waals surface area contributed by atoms with Crippen LogP contribution in [0, 0.1) is 5.92 Å². The van der Waals surface area contributed by atoms with E-state index in [1.54, 1.807) is 0 Å². The summed E-state index contributed by atoms with van der Waals surface area (Å²) in [6, 6.07) is 0. The fourth-order valence-corrected chi connectivity index (χ4v) is 1.53. The largest absolute Gasteiger partial charge is 0.394 e. The maximum Gasteiger partial charge on any atom is 0.0861 e. The standard InChI is InChI=1S/C8H16O3/c1-3-6-8(10)5(2)7(4-9)11-6/h5-10H,3-4H2,1-2H3. The van der Waals surface area contributed by atoms with Crippen molar-refractivity contribution in [3.05, 3.63) is 0 Å². The van der Waals surface area contributed by atoms with E-state index in [1.165, 1.54) is 0 Å². The quantitative estimate of drug-likeness (QED) is 0.604. The second-order valence-electron chi connectivity index (χ2n) is 3.15. The van der Waals surface area contributed by atoms with E-state index in [1.807, 2.05) is 13.8 Å². The molecule has 1 heterocycles. The Bertz CT molecular complexity index is 109. The van der Waals surface area contributed by atoms with Crippen molar-refractivity contribution in [2.24, 2.45) is 5.92 Å². The topological polar surface area (TPSA) is 49.7 Å². The van der Waals surface area contributed by atoms with Crippen molar-refractivity contribution < 1.29 is 14.9 Å². The van der Waals surface area contributed by atoms with Crippen molar-refractivity contribution >= 4 is 0 Å². The van der Waals surface area contributed by atoms with Crippen molar-refractivity contribution in [3.8, 4) is 0 Å². The van der Waals surface area contributed by atoms with Crippen LogP contribution in [0.1, 0.15) is 20.3 Å². The fraction of sp³-hybridized carbons (Fsp3) is 1.00. The van der Waals surface area contributed by atoms with Crippen LogP contribution in [-0.4, -0.2) is 35.1 Å². The highest BCUT2D eigenvalue weighted by molar-refractivity contribution is 4.86. The van der Waals surface area contributed by atoms with E-state index in [0.717, 1.165) is 6.42 Å². The molecule has 4 unspecified atom stereocenters. The Kier molecular flexibility index (Phi) is 2.87. The van der Waals surface area contributed by atoms with Crippen molar-refractivity contribution in [2.45, 2.75) is 38.6 Å². The lowest BCUT2D eigenvalue weighted by molar-refractivity contribution is -0.0124. The van der Waals surface area contributed by atoms with Gasteiger partial charge >= 0.3 is 0 Å². The van der Waals surface area contributed by atoms with Crippen LogP contribution in [0.15, 0.2) is 0 Å². The Balaban J connectivity index is 2.53. The molecule has 0 spiro atoms. The van der Waals surface area contributed by atoms with Gasteiger partial charge in [-0.25, -0.2) is 0 Å². The summed E-state index contributed by atoms with van der Waals surface area (Å²) in [6.07, 6.45) is 0.149. The van der Waals surface area contributed by atoms with Crippen LogP contribution in [0.2, 0.25) is 0 Å². The predicted molar refractivity (Wildman–Crippen MR) is 41.2 cm³/mol. The van der Waals surface area contributed by atoms with Crippen LogP contribution in [-0.2, 0) is 4.74 Å². The van der Waals surface area contributed by atoms with Crippen molar-refractivity contribution in [3.63, 3.8) is 0 Å². The second kappa shape index (κ2) is 3.52. The van der Waals surface area contributed by atoms with Crippen molar-refractivity contribution in [2.75, 3.05) is 6.61 Å². The number of aliphatic hydroxyl groups is 2. The van der Waals surface area contributed by atoms with E-state index in [2.05, 4.69) is 0 Å². The van der Waals surface area contributed by atoms with E-state index in [-0.39, 0.29) is 24.7 Å². The van der Waals surface area contributed by atoms with E-state index in [9.17, 15) is 5.11 Å². The SMILES string of the molecule is CCC1OC(CO)C(C)C1O. The Hall–Kier alpha value is -0.120. The van der Waals surface area contributed by atoms with Gasteiger partial charge in [0.1, 0.15) is 0 Å². The second-order valence-corrected chi connectivity index (χ2v) is 3.15. The normalized spacial score (nSPS) is 44.7. The van der Waals surface area contributed by atoms with Crippen LogP contribution in [0.25, 0.3) is 0 Å². The summed E-state index contributed by atoms with van der Waals surface area (Å²) >= 11 is 0. The molecule has 0 aromatic carbocycles. The zero-order valence-electron chi connectivity index (χ0n) is 7.03. The van der Waals surface area contributed by atoms with Gasteiger partial charge in [-0.2, -0.15) is 0 Å². The van der Waals surface area contributed by atoms with E-state index in [0.29, 0.717) is 0 Å². The first-order valence-corrected chi connectivity index (χ1v) is 4.15. The minimum absolute atomic E-state index is 0.00866. The Morgan fingerprint density at radius 3 is 2.27 bits per heavy atom. The van der Waals surface area contributed by atoms with Gasteiger partial charge in [-0.3, -0.25) is 0 Å². The minimum Gasteiger partial charge on any atom is -0.394 e. The minimum atomic E-state index is -0.405. The van der Waals surface area contributed by atoms with Gasteiger partial charge in [-0.15, -0.1) is 0 Å². The maximum absolute atomic E-state index is 9.52. The summed E-state index contributed by atoms with van der Waals surface area (Å²) in [4.78, 5) is 0. The van der Waals surface area contributed by atoms with Gasteiger partial charge in [0.2, 0.25) is 0 Å². The molecule has 1 aliphatic rings. The van der Waals surface area contributed by atoms with Crippen LogP contribution in [0.5, 0.6) is 0 Å². The molecule has 1 fully saturated rings. The summed E-state index contributed by atoms with van der Waals surface area (Å²) in [6.45, 7) is 3.89. The number of ether oxygens (including phenoxy) is 1. The van der Waals surface area contributed by atoms with Crippen LogP contribution in [0.3, 0.4) is 0 Å². The lowest BCUT2D eigenvalue weighted by atomic mass is 9.98. The summed E-state index contributed by atoms with van der Waals surface area (Å²) < 4.78 is 5.38. The van der Waals surface area contributed by atoms with Gasteiger partial charge in [0.25, 0.3) is 0 Å². The molecule has 0 amide bonds. The van der Waals surface area contributed by atoms with Gasteiger partial charge in [0.15, 0.2) is 0 Å². The van der Waals surface area contributed by atoms with Crippen LogP contribution < -0.4 is 0 Å². The molecule has 4 atom stereocenters. The van der Waals surface area contributed by atoms with Gasteiger partial charge in [-0.05, 0) is 6.42 Å². The molecule has 1 rings (SSSR count). The molecule has 0 bridgehead atoms. The van der Waals surface area contributed by atoms with Gasteiger partial charge in [-0.1, -0.05) is 13.8 Å². The number of hydrogen-bond acceptors (Lipinski definition) is 3. The number of rotatable bonds is 2. The Morgan fingerprint density at radius 2 is 2.00 bits per heavy atom. The van der Waals surface area contributed by atoms with Crippen LogP contribution >= 0.6 is 0 Å². The Labute approximate surface area is 67.0 Å². The first-order chi connectivity index (χ1) is 5.20. The van der Waals surface area contributed by atoms with E-state index >= 15 is 0 Å². The molecule has 66 valence electrons. The first kappa shape index (κ1) is 8.97. The van der Waals surface area contributed by atoms with Crippen LogP contribution in [0.4, 0.5) is 0 Å². The molecular formula is C8H16O3. The summed E-state index contributed by atoms with van der Waals surface area (Å²) in [5, 5.41) is 18.4. The monoisotopic (exact) mass is 160 g/mol. The molecule has 3 nitrogen and oxygen atoms in total. The average molecular weight is 160 g/mol. The fourth-order valence-electron chi connectivity index (χ4n) is 1.53. The average Bonchev–Trinajstić information content (AvgIpc) is 2.30. The molecule has 0 radical (unpaired) electrons. The lowest BCUT2D eigenvalue weighted by Gasteiger charge is -2.12. The van der Waals surface area contributed by atoms with Gasteiger partial charge in [0.05, 0.1) is 24.9 Å². The lowest BCUT2D eigenvalue weighted by Crippen LogP contribution is -2.25. The summed E-state index contributed by atoms with van der Waals surface area (Å²) in [5.74, 6) is 0.0601. The van der Waals surface area contributed by atoms with E-state index < -0.39 is 6.10 Å². The van der Waals surface area contributed by atoms with Crippen molar-refractivity contribution in [1.29, 1.82) is 0 Å². The molecule has 0 aliphatic carbocycles. The third-order valence-electron chi connectivity index (χ3n) is 2.44. The highest BCUT2D eigenvalue weighted by atomic mass is 16.5.